The number of ether oxygens (including phenoxy) is 1. The molecule has 1 unspecified atom stereocenters. The zero-order chi connectivity index (χ0) is 11.5. The molecule has 0 N–H and O–H groups in total. The summed E-state index contributed by atoms with van der Waals surface area (Å²) in [5.74, 6) is 0.223. The number of esters is 1. The van der Waals surface area contributed by atoms with Crippen molar-refractivity contribution in [2.45, 2.75) is 13.8 Å². The Morgan fingerprint density at radius 3 is 2.25 bits per heavy atom. The van der Waals surface area contributed by atoms with E-state index < -0.39 is 0 Å². The van der Waals surface area contributed by atoms with E-state index in [-0.39, 0.29) is 18.4 Å². The van der Waals surface area contributed by atoms with Gasteiger partial charge in [0.25, 0.3) is 0 Å². The molecule has 0 radical (unpaired) electrons. The Morgan fingerprint density at radius 1 is 1.38 bits per heavy atom. The molecule has 0 aliphatic carbocycles. The first kappa shape index (κ1) is 15.2. The van der Waals surface area contributed by atoms with Gasteiger partial charge in [0, 0.05) is 19.1 Å². The quantitative estimate of drug-likeness (QED) is 0.426. The molecule has 0 saturated heterocycles. The Labute approximate surface area is 107 Å². The smallest absolute Gasteiger partial charge is 0.308 e. The second-order valence-electron chi connectivity index (χ2n) is 3.47. The number of nitrogens with zero attached hydrogens (tertiary/aromatic N) is 1. The molecule has 5 heteroatoms. The summed E-state index contributed by atoms with van der Waals surface area (Å²) in [7, 11) is 1.91. The monoisotopic (exact) mass is 263 g/mol. The van der Waals surface area contributed by atoms with E-state index in [4.69, 9.17) is 16.5 Å². The average molecular weight is 264 g/mol. The molecule has 1 atom stereocenters. The molecule has 0 amide bonds. The van der Waals surface area contributed by atoms with Crippen molar-refractivity contribution < 1.29 is 21.9 Å². The summed E-state index contributed by atoms with van der Waals surface area (Å²) >= 11 is 6.23. The van der Waals surface area contributed by atoms with Crippen LogP contribution in [0.4, 0.5) is 5.69 Å². The van der Waals surface area contributed by atoms with Crippen molar-refractivity contribution in [1.29, 1.82) is 0 Å². The van der Waals surface area contributed by atoms with Gasteiger partial charge < -0.3 is 17.1 Å². The Morgan fingerprint density at radius 2 is 1.88 bits per heavy atom. The van der Waals surface area contributed by atoms with E-state index in [1.165, 1.54) is 6.92 Å². The Hall–Kier alpha value is -0.770. The maximum atomic E-state index is 10.7. The van der Waals surface area contributed by atoms with Gasteiger partial charge in [-0.1, -0.05) is 0 Å². The highest BCUT2D eigenvalue weighted by Crippen LogP contribution is 2.26. The van der Waals surface area contributed by atoms with Gasteiger partial charge >= 0.3 is 5.97 Å². The molecule has 0 spiro atoms. The Kier molecular flexibility index (Phi) is 5.79. The molecule has 90 valence electrons. The van der Waals surface area contributed by atoms with Crippen LogP contribution in [-0.4, -0.2) is 19.6 Å². The lowest BCUT2D eigenvalue weighted by Gasteiger charge is -2.21. The molecule has 0 saturated carbocycles. The molecule has 0 bridgehead atoms. The van der Waals surface area contributed by atoms with E-state index in [0.717, 1.165) is 12.2 Å². The maximum Gasteiger partial charge on any atom is 0.308 e. The zero-order valence-electron chi connectivity index (χ0n) is 9.54. The first-order chi connectivity index (χ1) is 6.95. The average Bonchev–Trinajstić information content (AvgIpc) is 2.18. The summed E-state index contributed by atoms with van der Waals surface area (Å²) in [5.41, 5.74) is 0.968. The number of carbonyl (C=O) groups is 1. The molecule has 16 heavy (non-hydrogen) atoms. The van der Waals surface area contributed by atoms with Gasteiger partial charge in [0.15, 0.2) is 17.5 Å². The van der Waals surface area contributed by atoms with Crippen molar-refractivity contribution in [3.8, 4) is 5.75 Å². The molecular weight excluding hydrogens is 249 g/mol. The van der Waals surface area contributed by atoms with Crippen LogP contribution in [-0.2, 0) is 4.79 Å². The molecule has 1 aromatic carbocycles. The number of rotatable bonds is 3. The van der Waals surface area contributed by atoms with Crippen molar-refractivity contribution in [2.75, 3.05) is 13.6 Å². The van der Waals surface area contributed by atoms with Crippen LogP contribution >= 0.6 is 11.8 Å². The van der Waals surface area contributed by atoms with Gasteiger partial charge in [-0.15, -0.1) is 0 Å². The number of carbonyl (C=O) groups excluding carboxylic acids is 1. The zero-order valence-corrected chi connectivity index (χ0v) is 11.0. The van der Waals surface area contributed by atoms with Gasteiger partial charge in [0.05, 0.1) is 13.6 Å². The third-order valence-electron chi connectivity index (χ3n) is 2.23. The fourth-order valence-electron chi connectivity index (χ4n) is 1.17. The van der Waals surface area contributed by atoms with E-state index in [0.29, 0.717) is 9.75 Å². The van der Waals surface area contributed by atoms with Crippen molar-refractivity contribution >= 4 is 23.4 Å². The van der Waals surface area contributed by atoms with Gasteiger partial charge in [0.2, 0.25) is 0 Å². The van der Waals surface area contributed by atoms with E-state index in [1.54, 1.807) is 12.1 Å². The van der Waals surface area contributed by atoms with E-state index >= 15 is 0 Å². The van der Waals surface area contributed by atoms with Crippen LogP contribution in [0.2, 0.25) is 0 Å². The number of hydrogen-bond donors (Lipinski definition) is 0. The Bertz CT molecular complexity index is 350. The highest BCUT2D eigenvalue weighted by molar-refractivity contribution is 6.21. The highest BCUT2D eigenvalue weighted by Gasteiger charge is 2.20. The van der Waals surface area contributed by atoms with Crippen molar-refractivity contribution in [3.63, 3.8) is 0 Å². The van der Waals surface area contributed by atoms with Gasteiger partial charge in [-0.2, -0.15) is 4.00 Å². The van der Waals surface area contributed by atoms with Crippen LogP contribution in [0.1, 0.15) is 13.8 Å². The van der Waals surface area contributed by atoms with Crippen LogP contribution in [0.3, 0.4) is 0 Å². The lowest BCUT2D eigenvalue weighted by Crippen LogP contribution is -3.00. The molecule has 0 aromatic heterocycles. The van der Waals surface area contributed by atoms with E-state index in [1.807, 2.05) is 26.1 Å². The summed E-state index contributed by atoms with van der Waals surface area (Å²) in [6.45, 7) is 4.17. The summed E-state index contributed by atoms with van der Waals surface area (Å²) in [4.78, 5) is 10.7. The van der Waals surface area contributed by atoms with Gasteiger partial charge in [0.1, 0.15) is 5.75 Å². The minimum atomic E-state index is -0.318. The largest absolute Gasteiger partial charge is 1.00 e. The minimum absolute atomic E-state index is 0. The SMILES string of the molecule is CC[N+](C)(Cl)c1ccc(OC(C)=O)cc1.[Cl-]. The predicted octanol–water partition coefficient (Wildman–Crippen LogP) is -0.273. The third kappa shape index (κ3) is 4.00. The normalized spacial score (nSPS) is 13.5. The second-order valence-corrected chi connectivity index (χ2v) is 4.22. The summed E-state index contributed by atoms with van der Waals surface area (Å²) in [5, 5.41) is 0. The highest BCUT2D eigenvalue weighted by atomic mass is 35.5. The Balaban J connectivity index is 0.00000225. The van der Waals surface area contributed by atoms with E-state index in [2.05, 4.69) is 0 Å². The van der Waals surface area contributed by atoms with Crippen molar-refractivity contribution in [2.24, 2.45) is 0 Å². The van der Waals surface area contributed by atoms with Crippen molar-refractivity contribution in [3.05, 3.63) is 24.3 Å². The number of quaternary nitrogens is 1. The summed E-state index contributed by atoms with van der Waals surface area (Å²) < 4.78 is 5.22. The van der Waals surface area contributed by atoms with Crippen molar-refractivity contribution in [1.82, 2.24) is 4.00 Å². The van der Waals surface area contributed by atoms with Gasteiger partial charge in [-0.25, -0.2) is 0 Å². The van der Waals surface area contributed by atoms with Crippen LogP contribution in [0.25, 0.3) is 0 Å². The van der Waals surface area contributed by atoms with Crippen LogP contribution < -0.4 is 21.1 Å². The van der Waals surface area contributed by atoms with Crippen LogP contribution in [0, 0.1) is 0 Å². The first-order valence-electron chi connectivity index (χ1n) is 4.80. The molecule has 0 fully saturated rings. The van der Waals surface area contributed by atoms with Gasteiger partial charge in [-0.3, -0.25) is 4.79 Å². The molecular formula is C11H15Cl2NO2. The number of benzene rings is 1. The fraction of sp³-hybridized carbons (Fsp3) is 0.364. The maximum absolute atomic E-state index is 10.7. The molecule has 0 aliphatic heterocycles. The fourth-order valence-corrected chi connectivity index (χ4v) is 1.29. The molecule has 0 heterocycles. The summed E-state index contributed by atoms with van der Waals surface area (Å²) in [6.07, 6.45) is 0. The van der Waals surface area contributed by atoms with Crippen LogP contribution in [0.5, 0.6) is 5.75 Å². The number of hydrogen-bond acceptors (Lipinski definition) is 2. The first-order valence-corrected chi connectivity index (χ1v) is 5.13. The van der Waals surface area contributed by atoms with E-state index in [9.17, 15) is 4.79 Å². The lowest BCUT2D eigenvalue weighted by atomic mass is 10.3. The topological polar surface area (TPSA) is 26.3 Å². The molecule has 0 aliphatic rings. The van der Waals surface area contributed by atoms with Crippen LogP contribution in [0.15, 0.2) is 24.3 Å². The standard InChI is InChI=1S/C11H15ClNO2.ClH/c1-4-13(3,12)10-5-7-11(8-6-10)15-9(2)14;/h5-8H,4H2,1-3H3;1H/q+1;/p-1. The minimum Gasteiger partial charge on any atom is -1.00 e. The predicted molar refractivity (Wildman–Crippen MR) is 61.9 cm³/mol. The second kappa shape index (κ2) is 6.09. The molecule has 1 rings (SSSR count). The lowest BCUT2D eigenvalue weighted by molar-refractivity contribution is -0.131. The molecule has 1 aromatic rings. The molecule has 3 nitrogen and oxygen atoms in total. The third-order valence-corrected chi connectivity index (χ3v) is 2.66. The number of halogens is 2. The summed E-state index contributed by atoms with van der Waals surface area (Å²) in [6, 6.07) is 7.19. The van der Waals surface area contributed by atoms with Gasteiger partial charge in [-0.05, 0) is 19.1 Å².